The summed E-state index contributed by atoms with van der Waals surface area (Å²) in [4.78, 5) is 3.19. The van der Waals surface area contributed by atoms with E-state index >= 15 is 0 Å². The van der Waals surface area contributed by atoms with Gasteiger partial charge in [-0.1, -0.05) is 12.1 Å². The summed E-state index contributed by atoms with van der Waals surface area (Å²) >= 11 is 0. The van der Waals surface area contributed by atoms with E-state index in [1.54, 1.807) is 0 Å². The highest BCUT2D eigenvalue weighted by Gasteiger charge is 2.03. The van der Waals surface area contributed by atoms with Crippen LogP contribution in [0, 0.1) is 0 Å². The average Bonchev–Trinajstić information content (AvgIpc) is 2.88. The average molecular weight is 183 g/mol. The Hall–Kier alpha value is -2.03. The summed E-state index contributed by atoms with van der Waals surface area (Å²) in [5.41, 5.74) is 3.48. The van der Waals surface area contributed by atoms with E-state index < -0.39 is 0 Å². The standard InChI is InChI=1S/C11H9N3/c1-2-9(8-6-13-14-7-8)10-4-5-12-11(10)3-1/h1-7,12H,(H,13,14). The number of nitrogens with zero attached hydrogens (tertiary/aromatic N) is 1. The fourth-order valence-electron chi connectivity index (χ4n) is 1.74. The van der Waals surface area contributed by atoms with Gasteiger partial charge in [0.05, 0.1) is 6.20 Å². The maximum Gasteiger partial charge on any atom is 0.0566 e. The number of benzene rings is 1. The number of aromatic nitrogens is 3. The Morgan fingerprint density at radius 1 is 1.14 bits per heavy atom. The van der Waals surface area contributed by atoms with Crippen molar-refractivity contribution in [2.75, 3.05) is 0 Å². The fourth-order valence-corrected chi connectivity index (χ4v) is 1.74. The summed E-state index contributed by atoms with van der Waals surface area (Å²) in [6.07, 6.45) is 5.69. The van der Waals surface area contributed by atoms with Gasteiger partial charge in [-0.25, -0.2) is 0 Å². The first-order valence-electron chi connectivity index (χ1n) is 4.50. The van der Waals surface area contributed by atoms with Gasteiger partial charge < -0.3 is 4.98 Å². The van der Waals surface area contributed by atoms with Crippen LogP contribution in [0.5, 0.6) is 0 Å². The van der Waals surface area contributed by atoms with Crippen molar-refractivity contribution >= 4 is 10.9 Å². The lowest BCUT2D eigenvalue weighted by Crippen LogP contribution is -1.75. The van der Waals surface area contributed by atoms with Crippen molar-refractivity contribution in [2.24, 2.45) is 0 Å². The molecule has 0 saturated heterocycles. The monoisotopic (exact) mass is 183 g/mol. The number of aromatic amines is 2. The fraction of sp³-hybridized carbons (Fsp3) is 0. The van der Waals surface area contributed by atoms with Crippen molar-refractivity contribution < 1.29 is 0 Å². The molecular formula is C11H9N3. The van der Waals surface area contributed by atoms with E-state index in [9.17, 15) is 0 Å². The number of H-pyrrole nitrogens is 2. The van der Waals surface area contributed by atoms with Crippen LogP contribution < -0.4 is 0 Å². The Kier molecular flexibility index (Phi) is 1.44. The summed E-state index contributed by atoms with van der Waals surface area (Å²) in [6, 6.07) is 8.29. The van der Waals surface area contributed by atoms with Crippen LogP contribution in [0.15, 0.2) is 42.9 Å². The predicted molar refractivity (Wildman–Crippen MR) is 55.9 cm³/mol. The van der Waals surface area contributed by atoms with Crippen molar-refractivity contribution in [2.45, 2.75) is 0 Å². The lowest BCUT2D eigenvalue weighted by atomic mass is 10.1. The number of hydrogen-bond acceptors (Lipinski definition) is 1. The van der Waals surface area contributed by atoms with Gasteiger partial charge in [0, 0.05) is 28.9 Å². The molecule has 1 aromatic carbocycles. The summed E-state index contributed by atoms with van der Waals surface area (Å²) < 4.78 is 0. The summed E-state index contributed by atoms with van der Waals surface area (Å²) in [6.45, 7) is 0. The highest BCUT2D eigenvalue weighted by Crippen LogP contribution is 2.26. The minimum Gasteiger partial charge on any atom is -0.361 e. The summed E-state index contributed by atoms with van der Waals surface area (Å²) in [5.74, 6) is 0. The molecule has 0 aliphatic heterocycles. The van der Waals surface area contributed by atoms with Crippen molar-refractivity contribution in [1.29, 1.82) is 0 Å². The van der Waals surface area contributed by atoms with Gasteiger partial charge in [0.2, 0.25) is 0 Å². The van der Waals surface area contributed by atoms with E-state index in [1.807, 2.05) is 24.7 Å². The summed E-state index contributed by atoms with van der Waals surface area (Å²) in [7, 11) is 0. The van der Waals surface area contributed by atoms with Crippen molar-refractivity contribution in [3.05, 3.63) is 42.9 Å². The Bertz CT molecular complexity index is 549. The van der Waals surface area contributed by atoms with Crippen LogP contribution in [0.2, 0.25) is 0 Å². The minimum atomic E-state index is 1.12. The molecule has 0 aliphatic rings. The second-order valence-electron chi connectivity index (χ2n) is 3.23. The van der Waals surface area contributed by atoms with Crippen molar-refractivity contribution in [3.8, 4) is 11.1 Å². The Morgan fingerprint density at radius 2 is 2.14 bits per heavy atom. The lowest BCUT2D eigenvalue weighted by molar-refractivity contribution is 1.09. The Balaban J connectivity index is 2.36. The van der Waals surface area contributed by atoms with Crippen LogP contribution in [0.1, 0.15) is 0 Å². The van der Waals surface area contributed by atoms with Crippen LogP contribution in [-0.4, -0.2) is 15.2 Å². The highest BCUT2D eigenvalue weighted by molar-refractivity contribution is 5.94. The van der Waals surface area contributed by atoms with Crippen LogP contribution in [-0.2, 0) is 0 Å². The Morgan fingerprint density at radius 3 is 3.00 bits per heavy atom. The third-order valence-electron chi connectivity index (χ3n) is 2.40. The van der Waals surface area contributed by atoms with Gasteiger partial charge in [-0.05, 0) is 17.7 Å². The van der Waals surface area contributed by atoms with Crippen LogP contribution >= 0.6 is 0 Å². The summed E-state index contributed by atoms with van der Waals surface area (Å²) in [5, 5.41) is 8.01. The molecule has 3 rings (SSSR count). The third-order valence-corrected chi connectivity index (χ3v) is 2.40. The van der Waals surface area contributed by atoms with E-state index in [0.717, 1.165) is 11.1 Å². The first-order valence-corrected chi connectivity index (χ1v) is 4.50. The molecule has 2 heterocycles. The van der Waals surface area contributed by atoms with Gasteiger partial charge in [0.1, 0.15) is 0 Å². The molecule has 0 amide bonds. The number of nitrogens with one attached hydrogen (secondary N) is 2. The quantitative estimate of drug-likeness (QED) is 0.598. The molecule has 0 unspecified atom stereocenters. The molecule has 68 valence electrons. The smallest absolute Gasteiger partial charge is 0.0566 e. The first kappa shape index (κ1) is 7.38. The van der Waals surface area contributed by atoms with E-state index in [0.29, 0.717) is 0 Å². The van der Waals surface area contributed by atoms with Gasteiger partial charge in [0.25, 0.3) is 0 Å². The Labute approximate surface area is 80.8 Å². The molecule has 3 aromatic rings. The molecule has 0 radical (unpaired) electrons. The van der Waals surface area contributed by atoms with E-state index in [-0.39, 0.29) is 0 Å². The molecule has 0 fully saturated rings. The molecule has 14 heavy (non-hydrogen) atoms. The van der Waals surface area contributed by atoms with Gasteiger partial charge in [-0.3, -0.25) is 5.10 Å². The van der Waals surface area contributed by atoms with Crippen molar-refractivity contribution in [3.63, 3.8) is 0 Å². The zero-order chi connectivity index (χ0) is 9.38. The SMILES string of the molecule is c1cc(-c2cn[nH]c2)c2cc[nH]c2c1. The molecule has 0 aliphatic carbocycles. The second-order valence-corrected chi connectivity index (χ2v) is 3.23. The van der Waals surface area contributed by atoms with Gasteiger partial charge in [-0.2, -0.15) is 5.10 Å². The van der Waals surface area contributed by atoms with E-state index in [4.69, 9.17) is 0 Å². The zero-order valence-corrected chi connectivity index (χ0v) is 7.49. The molecular weight excluding hydrogens is 174 g/mol. The topological polar surface area (TPSA) is 44.5 Å². The molecule has 3 nitrogen and oxygen atoms in total. The molecule has 0 saturated carbocycles. The molecule has 0 bridgehead atoms. The largest absolute Gasteiger partial charge is 0.361 e. The lowest BCUT2D eigenvalue weighted by Gasteiger charge is -1.98. The van der Waals surface area contributed by atoms with E-state index in [1.165, 1.54) is 10.9 Å². The number of rotatable bonds is 1. The maximum absolute atomic E-state index is 3.95. The maximum atomic E-state index is 3.95. The van der Waals surface area contributed by atoms with Crippen LogP contribution in [0.4, 0.5) is 0 Å². The van der Waals surface area contributed by atoms with Crippen molar-refractivity contribution in [1.82, 2.24) is 15.2 Å². The molecule has 0 atom stereocenters. The van der Waals surface area contributed by atoms with Gasteiger partial charge >= 0.3 is 0 Å². The predicted octanol–water partition coefficient (Wildman–Crippen LogP) is 2.56. The minimum absolute atomic E-state index is 1.12. The first-order chi connectivity index (χ1) is 6.95. The molecule has 2 aromatic heterocycles. The van der Waals surface area contributed by atoms with Crippen LogP contribution in [0.25, 0.3) is 22.0 Å². The normalized spacial score (nSPS) is 10.9. The highest BCUT2D eigenvalue weighted by atomic mass is 15.1. The molecule has 3 heteroatoms. The molecule has 0 spiro atoms. The number of hydrogen-bond donors (Lipinski definition) is 2. The molecule has 2 N–H and O–H groups in total. The van der Waals surface area contributed by atoms with Crippen LogP contribution in [0.3, 0.4) is 0 Å². The third kappa shape index (κ3) is 0.956. The zero-order valence-electron chi connectivity index (χ0n) is 7.49. The van der Waals surface area contributed by atoms with Gasteiger partial charge in [-0.15, -0.1) is 0 Å². The van der Waals surface area contributed by atoms with Gasteiger partial charge in [0.15, 0.2) is 0 Å². The van der Waals surface area contributed by atoms with E-state index in [2.05, 4.69) is 33.4 Å². The number of fused-ring (bicyclic) bond motifs is 1. The second kappa shape index (κ2) is 2.73.